The lowest BCUT2D eigenvalue weighted by Crippen LogP contribution is -2.21. The van der Waals surface area contributed by atoms with E-state index in [1.54, 1.807) is 20.8 Å². The summed E-state index contributed by atoms with van der Waals surface area (Å²) in [5.74, 6) is -0.391. The van der Waals surface area contributed by atoms with E-state index in [1.165, 1.54) is 0 Å². The van der Waals surface area contributed by atoms with Crippen molar-refractivity contribution in [2.45, 2.75) is 20.8 Å². The van der Waals surface area contributed by atoms with Gasteiger partial charge in [-0.2, -0.15) is 0 Å². The maximum absolute atomic E-state index is 10.5. The maximum Gasteiger partial charge on any atom is 0.255 e. The van der Waals surface area contributed by atoms with E-state index in [4.69, 9.17) is 0 Å². The largest absolute Gasteiger partial charge is 0.793 e. The average molecular weight is 112 g/mol. The van der Waals surface area contributed by atoms with Crippen LogP contribution in [-0.2, 0) is 9.45 Å². The van der Waals surface area contributed by atoms with Crippen LogP contribution in [0.1, 0.15) is 20.8 Å². The Hall–Kier alpha value is -0.465. The Bertz CT molecular complexity index is 93.1. The summed E-state index contributed by atoms with van der Waals surface area (Å²) in [6.45, 7) is 5.21. The van der Waals surface area contributed by atoms with Crippen LogP contribution in [0.15, 0.2) is 0 Å². The molecule has 0 aliphatic heterocycles. The quantitative estimate of drug-likeness (QED) is 0.430. The molecule has 0 atom stereocenters. The predicted octanol–water partition coefficient (Wildman–Crippen LogP) is 0.659. The summed E-state index contributed by atoms with van der Waals surface area (Å²) >= 11 is 0. The van der Waals surface area contributed by atoms with Crippen molar-refractivity contribution in [3.8, 4) is 0 Å². The van der Waals surface area contributed by atoms with Gasteiger partial charge in [0.2, 0.25) is 0 Å². The molecule has 0 saturated carbocycles. The van der Waals surface area contributed by atoms with Crippen molar-refractivity contribution in [3.63, 3.8) is 0 Å². The minimum atomic E-state index is -0.477. The summed E-state index contributed by atoms with van der Waals surface area (Å²) in [4.78, 5) is 10.5. The fourth-order valence-electron chi connectivity index (χ4n) is 0.177. The molecule has 0 aliphatic rings. The Kier molecular flexibility index (Phi) is 2.07. The van der Waals surface area contributed by atoms with Gasteiger partial charge in [-0.05, 0) is 20.8 Å². The molecule has 0 rings (SSSR count). The van der Waals surface area contributed by atoms with E-state index in [9.17, 15) is 4.79 Å². The molecule has 0 aromatic rings. The molecule has 8 heavy (non-hydrogen) atoms. The van der Waals surface area contributed by atoms with Crippen LogP contribution in [-0.4, -0.2) is 14.0 Å². The smallest absolute Gasteiger partial charge is 0.255 e. The van der Waals surface area contributed by atoms with Gasteiger partial charge in [-0.1, -0.05) is 0 Å². The van der Waals surface area contributed by atoms with Crippen LogP contribution in [0.4, 0.5) is 0 Å². The van der Waals surface area contributed by atoms with Gasteiger partial charge in [0.05, 0.1) is 5.41 Å². The number of carbonyl (C=O) groups is 1. The van der Waals surface area contributed by atoms with Gasteiger partial charge in [0, 0.05) is 0 Å². The van der Waals surface area contributed by atoms with E-state index in [2.05, 4.69) is 12.7 Å². The Balaban J connectivity index is 3.82. The number of rotatable bonds is 0. The summed E-state index contributed by atoms with van der Waals surface area (Å²) in [7, 11) is 4.61. The lowest BCUT2D eigenvalue weighted by atomic mass is 9.97. The van der Waals surface area contributed by atoms with E-state index in [1.807, 2.05) is 0 Å². The first-order chi connectivity index (χ1) is 3.48. The van der Waals surface area contributed by atoms with Crippen LogP contribution in [0, 0.1) is 5.41 Å². The molecule has 0 spiro atoms. The molecule has 0 amide bonds. The fourth-order valence-corrected chi connectivity index (χ4v) is 0.177. The van der Waals surface area contributed by atoms with Gasteiger partial charge in [-0.25, -0.2) is 0 Å². The second-order valence-electron chi connectivity index (χ2n) is 2.66. The Morgan fingerprint density at radius 1 is 1.50 bits per heavy atom. The molecule has 0 aliphatic carbocycles. The van der Waals surface area contributed by atoms with Crippen LogP contribution in [0.3, 0.4) is 0 Å². The summed E-state index contributed by atoms with van der Waals surface area (Å²) in [5.41, 5.74) is -0.477. The molecular formula is C5H9BO2-. The summed E-state index contributed by atoms with van der Waals surface area (Å²) in [5, 5.41) is 0. The molecule has 2 nitrogen and oxygen atoms in total. The van der Waals surface area contributed by atoms with Gasteiger partial charge >= 0.3 is 0 Å². The lowest BCUT2D eigenvalue weighted by Gasteiger charge is -2.22. The molecule has 0 heterocycles. The van der Waals surface area contributed by atoms with Crippen LogP contribution in [0.25, 0.3) is 0 Å². The standard InChI is InChI=1S/C5H9BO2/c1-5(2,3)4(7)8-6/h1-3H3/q-1. The van der Waals surface area contributed by atoms with Gasteiger partial charge in [-0.3, -0.25) is 4.79 Å². The first-order valence-corrected chi connectivity index (χ1v) is 2.39. The molecule has 0 fully saturated rings. The van der Waals surface area contributed by atoms with Crippen molar-refractivity contribution in [2.75, 3.05) is 0 Å². The summed E-state index contributed by atoms with van der Waals surface area (Å²) < 4.78 is 3.98. The van der Waals surface area contributed by atoms with E-state index < -0.39 is 11.4 Å². The molecule has 0 N–H and O–H groups in total. The Morgan fingerprint density at radius 2 is 1.88 bits per heavy atom. The predicted molar refractivity (Wildman–Crippen MR) is 31.3 cm³/mol. The normalized spacial score (nSPS) is 11.0. The topological polar surface area (TPSA) is 26.3 Å². The third-order valence-corrected chi connectivity index (χ3v) is 0.719. The SMILES string of the molecule is [B-]OC(=O)C(C)(C)C. The van der Waals surface area contributed by atoms with E-state index in [0.29, 0.717) is 0 Å². The molecule has 0 aromatic heterocycles. The van der Waals surface area contributed by atoms with Crippen LogP contribution in [0.2, 0.25) is 0 Å². The highest BCUT2D eigenvalue weighted by Crippen LogP contribution is 2.13. The zero-order valence-electron chi connectivity index (χ0n) is 5.39. The number of hydrogen-bond donors (Lipinski definition) is 0. The highest BCUT2D eigenvalue weighted by atomic mass is 16.5. The molecule has 0 unspecified atom stereocenters. The highest BCUT2D eigenvalue weighted by molar-refractivity contribution is 6.06. The van der Waals surface area contributed by atoms with Crippen molar-refractivity contribution >= 4 is 14.0 Å². The van der Waals surface area contributed by atoms with Gasteiger partial charge in [-0.15, -0.1) is 0 Å². The minimum Gasteiger partial charge on any atom is -0.793 e. The van der Waals surface area contributed by atoms with E-state index in [0.717, 1.165) is 0 Å². The van der Waals surface area contributed by atoms with Gasteiger partial charge < -0.3 is 12.7 Å². The molecule has 0 aromatic carbocycles. The molecule has 3 radical (unpaired) electrons. The second kappa shape index (κ2) is 2.20. The molecule has 3 heteroatoms. The van der Waals surface area contributed by atoms with Gasteiger partial charge in [0.1, 0.15) is 0 Å². The molecule has 45 valence electrons. The maximum atomic E-state index is 10.5. The minimum absolute atomic E-state index is 0.391. The second-order valence-corrected chi connectivity index (χ2v) is 2.66. The van der Waals surface area contributed by atoms with Crippen molar-refractivity contribution in [1.82, 2.24) is 0 Å². The molecule has 0 bridgehead atoms. The Labute approximate surface area is 50.7 Å². The molecule has 0 saturated heterocycles. The fraction of sp³-hybridized carbons (Fsp3) is 0.800. The summed E-state index contributed by atoms with van der Waals surface area (Å²) in [6.07, 6.45) is 0. The van der Waals surface area contributed by atoms with Crippen molar-refractivity contribution in [1.29, 1.82) is 0 Å². The summed E-state index contributed by atoms with van der Waals surface area (Å²) in [6, 6.07) is 0. The Morgan fingerprint density at radius 3 is 1.88 bits per heavy atom. The van der Waals surface area contributed by atoms with Crippen molar-refractivity contribution in [3.05, 3.63) is 0 Å². The third-order valence-electron chi connectivity index (χ3n) is 0.719. The van der Waals surface area contributed by atoms with Gasteiger partial charge in [0.15, 0.2) is 0 Å². The van der Waals surface area contributed by atoms with Crippen LogP contribution < -0.4 is 0 Å². The number of carbonyl (C=O) groups excluding carboxylic acids is 1. The average Bonchev–Trinajstić information content (AvgIpc) is 1.62. The molecular weight excluding hydrogens is 103 g/mol. The van der Waals surface area contributed by atoms with Crippen molar-refractivity contribution in [2.24, 2.45) is 5.41 Å². The van der Waals surface area contributed by atoms with Crippen LogP contribution >= 0.6 is 0 Å². The zero-order chi connectivity index (χ0) is 6.78. The third kappa shape index (κ3) is 2.00. The van der Waals surface area contributed by atoms with E-state index >= 15 is 0 Å². The number of hydrogen-bond acceptors (Lipinski definition) is 2. The van der Waals surface area contributed by atoms with E-state index in [-0.39, 0.29) is 0 Å². The lowest BCUT2D eigenvalue weighted by molar-refractivity contribution is -0.142. The highest BCUT2D eigenvalue weighted by Gasteiger charge is 2.17. The first kappa shape index (κ1) is 7.53. The first-order valence-electron chi connectivity index (χ1n) is 2.39. The zero-order valence-corrected chi connectivity index (χ0v) is 5.39. The van der Waals surface area contributed by atoms with Crippen molar-refractivity contribution < 1.29 is 9.45 Å². The monoisotopic (exact) mass is 112 g/mol. The van der Waals surface area contributed by atoms with Gasteiger partial charge in [0.25, 0.3) is 5.97 Å². The van der Waals surface area contributed by atoms with Crippen LogP contribution in [0.5, 0.6) is 0 Å².